The van der Waals surface area contributed by atoms with Crippen LogP contribution in [0.5, 0.6) is 0 Å². The van der Waals surface area contributed by atoms with Crippen LogP contribution in [0.15, 0.2) is 24.4 Å². The zero-order valence-corrected chi connectivity index (χ0v) is 10.1. The van der Waals surface area contributed by atoms with Gasteiger partial charge >= 0.3 is 0 Å². The van der Waals surface area contributed by atoms with Gasteiger partial charge in [0.1, 0.15) is 0 Å². The van der Waals surface area contributed by atoms with Gasteiger partial charge in [0.2, 0.25) is 0 Å². The molecule has 0 aliphatic rings. The van der Waals surface area contributed by atoms with Gasteiger partial charge in [0.15, 0.2) is 0 Å². The quantitative estimate of drug-likeness (QED) is 0.857. The maximum absolute atomic E-state index is 5.95. The Balaban J connectivity index is 2.10. The SMILES string of the molecule is Cc1ccc(Cl)cc1NCc1cn[nH]c1C. The molecule has 2 rings (SSSR count). The Bertz CT molecular complexity index is 491. The van der Waals surface area contributed by atoms with Crippen molar-refractivity contribution in [3.8, 4) is 0 Å². The summed E-state index contributed by atoms with van der Waals surface area (Å²) in [5, 5.41) is 11.0. The fraction of sp³-hybridized carbons (Fsp3) is 0.250. The number of aromatic amines is 1. The summed E-state index contributed by atoms with van der Waals surface area (Å²) in [6.45, 7) is 4.82. The van der Waals surface area contributed by atoms with E-state index < -0.39 is 0 Å². The van der Waals surface area contributed by atoms with Gasteiger partial charge in [0.25, 0.3) is 0 Å². The highest BCUT2D eigenvalue weighted by Crippen LogP contribution is 2.20. The van der Waals surface area contributed by atoms with E-state index in [2.05, 4.69) is 22.4 Å². The van der Waals surface area contributed by atoms with Crippen LogP contribution in [0.2, 0.25) is 5.02 Å². The molecule has 0 aliphatic heterocycles. The van der Waals surface area contributed by atoms with Crippen LogP contribution in [-0.2, 0) is 6.54 Å². The topological polar surface area (TPSA) is 40.7 Å². The van der Waals surface area contributed by atoms with Gasteiger partial charge in [-0.3, -0.25) is 5.10 Å². The smallest absolute Gasteiger partial charge is 0.0539 e. The molecule has 0 atom stereocenters. The van der Waals surface area contributed by atoms with E-state index in [4.69, 9.17) is 11.6 Å². The van der Waals surface area contributed by atoms with E-state index in [0.29, 0.717) is 0 Å². The third-order valence-corrected chi connectivity index (χ3v) is 2.84. The molecule has 0 bridgehead atoms. The molecule has 16 heavy (non-hydrogen) atoms. The van der Waals surface area contributed by atoms with E-state index in [0.717, 1.165) is 22.9 Å². The number of anilines is 1. The normalized spacial score (nSPS) is 10.4. The molecule has 0 spiro atoms. The van der Waals surface area contributed by atoms with Crippen LogP contribution in [0.4, 0.5) is 5.69 Å². The van der Waals surface area contributed by atoms with E-state index in [1.807, 2.05) is 31.3 Å². The molecule has 0 aliphatic carbocycles. The van der Waals surface area contributed by atoms with E-state index in [-0.39, 0.29) is 0 Å². The maximum atomic E-state index is 5.95. The first-order valence-electron chi connectivity index (χ1n) is 5.15. The lowest BCUT2D eigenvalue weighted by Crippen LogP contribution is -2.01. The Morgan fingerprint density at radius 3 is 2.88 bits per heavy atom. The molecule has 1 aromatic heterocycles. The molecule has 0 radical (unpaired) electrons. The minimum Gasteiger partial charge on any atom is -0.381 e. The average Bonchev–Trinajstić information content (AvgIpc) is 2.66. The Kier molecular flexibility index (Phi) is 3.15. The van der Waals surface area contributed by atoms with E-state index in [9.17, 15) is 0 Å². The van der Waals surface area contributed by atoms with Crippen molar-refractivity contribution in [1.82, 2.24) is 10.2 Å². The van der Waals surface area contributed by atoms with Crippen LogP contribution in [0.3, 0.4) is 0 Å². The lowest BCUT2D eigenvalue weighted by Gasteiger charge is -2.09. The number of hydrogen-bond acceptors (Lipinski definition) is 2. The average molecular weight is 236 g/mol. The van der Waals surface area contributed by atoms with Crippen molar-refractivity contribution in [2.24, 2.45) is 0 Å². The molecule has 1 heterocycles. The zero-order chi connectivity index (χ0) is 11.5. The van der Waals surface area contributed by atoms with Crippen molar-refractivity contribution < 1.29 is 0 Å². The first-order valence-corrected chi connectivity index (χ1v) is 5.53. The lowest BCUT2D eigenvalue weighted by atomic mass is 10.2. The molecule has 1 aromatic carbocycles. The van der Waals surface area contributed by atoms with Crippen LogP contribution >= 0.6 is 11.6 Å². The summed E-state index contributed by atoms with van der Waals surface area (Å²) < 4.78 is 0. The number of nitrogens with one attached hydrogen (secondary N) is 2. The number of H-pyrrole nitrogens is 1. The summed E-state index contributed by atoms with van der Waals surface area (Å²) in [5.41, 5.74) is 4.50. The fourth-order valence-corrected chi connectivity index (χ4v) is 1.70. The van der Waals surface area contributed by atoms with Crippen LogP contribution in [0.25, 0.3) is 0 Å². The minimum atomic E-state index is 0.747. The highest BCUT2D eigenvalue weighted by Gasteiger charge is 2.02. The molecule has 2 N–H and O–H groups in total. The van der Waals surface area contributed by atoms with Crippen LogP contribution in [-0.4, -0.2) is 10.2 Å². The second-order valence-corrected chi connectivity index (χ2v) is 4.27. The Hall–Kier alpha value is -1.48. The molecule has 84 valence electrons. The Morgan fingerprint density at radius 2 is 2.19 bits per heavy atom. The third-order valence-electron chi connectivity index (χ3n) is 2.60. The maximum Gasteiger partial charge on any atom is 0.0539 e. The Labute approximate surface area is 99.8 Å². The second kappa shape index (κ2) is 4.58. The highest BCUT2D eigenvalue weighted by atomic mass is 35.5. The number of nitrogens with zero attached hydrogens (tertiary/aromatic N) is 1. The molecule has 0 amide bonds. The molecule has 2 aromatic rings. The van der Waals surface area contributed by atoms with E-state index in [1.54, 1.807) is 0 Å². The molecule has 3 nitrogen and oxygen atoms in total. The van der Waals surface area contributed by atoms with Crippen LogP contribution < -0.4 is 5.32 Å². The number of benzene rings is 1. The van der Waals surface area contributed by atoms with E-state index in [1.165, 1.54) is 11.1 Å². The van der Waals surface area contributed by atoms with Crippen molar-refractivity contribution in [2.75, 3.05) is 5.32 Å². The predicted octanol–water partition coefficient (Wildman–Crippen LogP) is 3.29. The van der Waals surface area contributed by atoms with Gasteiger partial charge in [-0.1, -0.05) is 17.7 Å². The Morgan fingerprint density at radius 1 is 1.38 bits per heavy atom. The molecule has 4 heteroatoms. The molecular formula is C12H14ClN3. The zero-order valence-electron chi connectivity index (χ0n) is 9.34. The minimum absolute atomic E-state index is 0.747. The number of halogens is 1. The molecule has 0 fully saturated rings. The summed E-state index contributed by atoms with van der Waals surface area (Å²) in [5.74, 6) is 0. The van der Waals surface area contributed by atoms with Crippen LogP contribution in [0, 0.1) is 13.8 Å². The van der Waals surface area contributed by atoms with Gasteiger partial charge in [-0.15, -0.1) is 0 Å². The van der Waals surface area contributed by atoms with Crippen molar-refractivity contribution >= 4 is 17.3 Å². The summed E-state index contributed by atoms with van der Waals surface area (Å²) in [7, 11) is 0. The second-order valence-electron chi connectivity index (χ2n) is 3.83. The lowest BCUT2D eigenvalue weighted by molar-refractivity contribution is 1.04. The van der Waals surface area contributed by atoms with Gasteiger partial charge < -0.3 is 5.32 Å². The first-order chi connectivity index (χ1) is 7.66. The number of rotatable bonds is 3. The van der Waals surface area contributed by atoms with Gasteiger partial charge in [-0.2, -0.15) is 5.10 Å². The molecule has 0 saturated heterocycles. The standard InChI is InChI=1S/C12H14ClN3/c1-8-3-4-11(13)5-12(8)14-6-10-7-15-16-9(10)2/h3-5,7,14H,6H2,1-2H3,(H,15,16). The molecule has 0 saturated carbocycles. The summed E-state index contributed by atoms with van der Waals surface area (Å²) in [6, 6.07) is 5.84. The first kappa shape index (κ1) is 11.0. The van der Waals surface area contributed by atoms with Crippen molar-refractivity contribution in [2.45, 2.75) is 20.4 Å². The van der Waals surface area contributed by atoms with Crippen LogP contribution in [0.1, 0.15) is 16.8 Å². The number of hydrogen-bond donors (Lipinski definition) is 2. The third kappa shape index (κ3) is 2.36. The van der Waals surface area contributed by atoms with Gasteiger partial charge in [0, 0.05) is 28.5 Å². The summed E-state index contributed by atoms with van der Waals surface area (Å²) in [4.78, 5) is 0. The monoisotopic (exact) mass is 235 g/mol. The number of aromatic nitrogens is 2. The summed E-state index contributed by atoms with van der Waals surface area (Å²) in [6.07, 6.45) is 1.84. The largest absolute Gasteiger partial charge is 0.381 e. The summed E-state index contributed by atoms with van der Waals surface area (Å²) >= 11 is 5.95. The molecular weight excluding hydrogens is 222 g/mol. The fourth-order valence-electron chi connectivity index (χ4n) is 1.53. The van der Waals surface area contributed by atoms with Gasteiger partial charge in [-0.25, -0.2) is 0 Å². The highest BCUT2D eigenvalue weighted by molar-refractivity contribution is 6.30. The van der Waals surface area contributed by atoms with E-state index >= 15 is 0 Å². The van der Waals surface area contributed by atoms with Gasteiger partial charge in [0.05, 0.1) is 6.20 Å². The van der Waals surface area contributed by atoms with Crippen molar-refractivity contribution in [3.63, 3.8) is 0 Å². The van der Waals surface area contributed by atoms with Gasteiger partial charge in [-0.05, 0) is 31.5 Å². The van der Waals surface area contributed by atoms with Crippen molar-refractivity contribution in [3.05, 3.63) is 46.2 Å². The molecule has 0 unspecified atom stereocenters. The van der Waals surface area contributed by atoms with Crippen molar-refractivity contribution in [1.29, 1.82) is 0 Å². The predicted molar refractivity (Wildman–Crippen MR) is 66.8 cm³/mol. The number of aryl methyl sites for hydroxylation is 2.